The minimum Gasteiger partial charge on any atom is -0.506 e. The van der Waals surface area contributed by atoms with Gasteiger partial charge in [0.2, 0.25) is 0 Å². The first kappa shape index (κ1) is 17.6. The number of hydrogen-bond acceptors (Lipinski definition) is 7. The van der Waals surface area contributed by atoms with Gasteiger partial charge < -0.3 is 15.7 Å². The van der Waals surface area contributed by atoms with Crippen LogP contribution in [0.3, 0.4) is 0 Å². The van der Waals surface area contributed by atoms with Gasteiger partial charge in [-0.15, -0.1) is 10.2 Å². The van der Waals surface area contributed by atoms with E-state index in [-0.39, 0.29) is 17.0 Å². The lowest BCUT2D eigenvalue weighted by molar-refractivity contribution is 0.0655. The van der Waals surface area contributed by atoms with Gasteiger partial charge in [0, 0.05) is 45.7 Å². The molecular formula is C22H28FN7O. The van der Waals surface area contributed by atoms with Gasteiger partial charge in [-0.3, -0.25) is 4.68 Å². The fourth-order valence-corrected chi connectivity index (χ4v) is 4.28. The first-order valence-electron chi connectivity index (χ1n) is 11.5. The zero-order valence-corrected chi connectivity index (χ0v) is 17.9. The highest BCUT2D eigenvalue weighted by Crippen LogP contribution is 2.33. The van der Waals surface area contributed by atoms with Crippen molar-refractivity contribution < 1.29 is 13.6 Å². The first-order valence-corrected chi connectivity index (χ1v) is 10.0. The maximum absolute atomic E-state index is 15.0. The first-order chi connectivity index (χ1) is 15.7. The molecule has 3 aromatic rings. The summed E-state index contributed by atoms with van der Waals surface area (Å²) >= 11 is 0. The number of alkyl halides is 1. The van der Waals surface area contributed by atoms with Crippen molar-refractivity contribution in [3.63, 3.8) is 0 Å². The van der Waals surface area contributed by atoms with Gasteiger partial charge in [0.15, 0.2) is 0 Å². The zero-order valence-electron chi connectivity index (χ0n) is 20.9. The van der Waals surface area contributed by atoms with Crippen LogP contribution >= 0.6 is 0 Å². The van der Waals surface area contributed by atoms with E-state index in [1.807, 2.05) is 27.7 Å². The molecule has 164 valence electrons. The lowest BCUT2D eigenvalue weighted by atomic mass is 9.78. The van der Waals surface area contributed by atoms with E-state index in [4.69, 9.17) is 4.11 Å². The summed E-state index contributed by atoms with van der Waals surface area (Å²) in [7, 11) is 0. The van der Waals surface area contributed by atoms with Crippen molar-refractivity contribution in [2.24, 2.45) is 6.98 Å². The Balaban J connectivity index is 1.51. The smallest absolute Gasteiger partial charge is 0.149 e. The van der Waals surface area contributed by atoms with Gasteiger partial charge in [-0.1, -0.05) is 0 Å². The average Bonchev–Trinajstić information content (AvgIpc) is 3.22. The Labute approximate surface area is 185 Å². The molecule has 0 aromatic carbocycles. The summed E-state index contributed by atoms with van der Waals surface area (Å²) in [5.41, 5.74) is 0.644. The number of hydrogen-bond donors (Lipinski definition) is 3. The molecule has 1 aliphatic rings. The van der Waals surface area contributed by atoms with Crippen LogP contribution in [0.5, 0.6) is 5.75 Å². The molecule has 3 N–H and O–H groups in total. The standard InChI is InChI=1S/C22H28FN7O/c1-21(2)9-16(20(23)22(3,4)29-21)26-18-7-6-15(27-28-18)19-17(31)8-13(10-24-19)14-11-25-30(5)12-14/h6-8,10-12,16,20,29,31H,9H2,1-5H3,(H,26,28)/t16-,20-/m0/s1/i5D3. The van der Waals surface area contributed by atoms with E-state index in [0.717, 1.165) is 4.68 Å². The number of anilines is 1. The summed E-state index contributed by atoms with van der Waals surface area (Å²) in [6.45, 7) is 5.37. The number of aryl methyl sites for hydroxylation is 1. The lowest BCUT2D eigenvalue weighted by Crippen LogP contribution is -2.67. The number of pyridine rings is 1. The molecule has 0 spiro atoms. The molecule has 3 aromatic heterocycles. The summed E-state index contributed by atoms with van der Waals surface area (Å²) in [5.74, 6) is 0.290. The monoisotopic (exact) mass is 428 g/mol. The van der Waals surface area contributed by atoms with E-state index in [0.29, 0.717) is 29.1 Å². The van der Waals surface area contributed by atoms with Crippen molar-refractivity contribution >= 4 is 5.82 Å². The minimum absolute atomic E-state index is 0.139. The second kappa shape index (κ2) is 7.56. The number of halogens is 1. The summed E-state index contributed by atoms with van der Waals surface area (Å²) in [5, 5.41) is 29.1. The van der Waals surface area contributed by atoms with Crippen molar-refractivity contribution in [1.82, 2.24) is 30.3 Å². The van der Waals surface area contributed by atoms with Crippen LogP contribution in [0.1, 0.15) is 38.2 Å². The number of nitrogens with one attached hydrogen (secondary N) is 2. The largest absolute Gasteiger partial charge is 0.506 e. The molecular weight excluding hydrogens is 397 g/mol. The van der Waals surface area contributed by atoms with Crippen LogP contribution in [0.4, 0.5) is 10.2 Å². The Morgan fingerprint density at radius 1 is 1.23 bits per heavy atom. The van der Waals surface area contributed by atoms with Gasteiger partial charge in [0.25, 0.3) is 0 Å². The van der Waals surface area contributed by atoms with Gasteiger partial charge in [0.05, 0.1) is 12.2 Å². The second-order valence-corrected chi connectivity index (χ2v) is 9.16. The molecule has 8 nitrogen and oxygen atoms in total. The van der Waals surface area contributed by atoms with Crippen molar-refractivity contribution in [2.45, 2.75) is 57.4 Å². The highest BCUT2D eigenvalue weighted by molar-refractivity contribution is 5.69. The molecule has 1 fully saturated rings. The van der Waals surface area contributed by atoms with Crippen LogP contribution in [0.15, 0.2) is 36.8 Å². The van der Waals surface area contributed by atoms with E-state index in [1.54, 1.807) is 12.1 Å². The van der Waals surface area contributed by atoms with E-state index in [9.17, 15) is 5.11 Å². The maximum atomic E-state index is 15.0. The predicted molar refractivity (Wildman–Crippen MR) is 117 cm³/mol. The Bertz CT molecular complexity index is 1180. The Kier molecular flexibility index (Phi) is 4.29. The van der Waals surface area contributed by atoms with Crippen molar-refractivity contribution in [3.05, 3.63) is 36.8 Å². The van der Waals surface area contributed by atoms with Gasteiger partial charge >= 0.3 is 0 Å². The fourth-order valence-electron chi connectivity index (χ4n) is 4.28. The molecule has 0 amide bonds. The fraction of sp³-hybridized carbons (Fsp3) is 0.455. The Morgan fingerprint density at radius 2 is 2.03 bits per heavy atom. The molecule has 2 atom stereocenters. The minimum atomic E-state index is -2.39. The third-order valence-corrected chi connectivity index (χ3v) is 5.46. The highest BCUT2D eigenvalue weighted by Gasteiger charge is 2.46. The number of nitrogens with zero attached hydrogens (tertiary/aromatic N) is 5. The summed E-state index contributed by atoms with van der Waals surface area (Å²) in [6, 6.07) is 4.35. The third kappa shape index (κ3) is 4.36. The second-order valence-electron chi connectivity index (χ2n) is 9.16. The molecule has 0 radical (unpaired) electrons. The van der Waals surface area contributed by atoms with Crippen LogP contribution in [0.25, 0.3) is 22.5 Å². The molecule has 0 saturated carbocycles. The number of rotatable bonds is 4. The van der Waals surface area contributed by atoms with Crippen molar-refractivity contribution in [1.29, 1.82) is 0 Å². The van der Waals surface area contributed by atoms with Crippen LogP contribution < -0.4 is 10.6 Å². The quantitative estimate of drug-likeness (QED) is 0.586. The topological polar surface area (TPSA) is 101 Å². The number of aromatic hydroxyl groups is 1. The molecule has 1 aliphatic heterocycles. The molecule has 4 heterocycles. The van der Waals surface area contributed by atoms with Gasteiger partial charge in [-0.25, -0.2) is 9.37 Å². The molecule has 0 aliphatic carbocycles. The molecule has 0 unspecified atom stereocenters. The Hall–Kier alpha value is -3.07. The van der Waals surface area contributed by atoms with Gasteiger partial charge in [0.1, 0.15) is 29.1 Å². The Morgan fingerprint density at radius 3 is 2.68 bits per heavy atom. The molecule has 31 heavy (non-hydrogen) atoms. The van der Waals surface area contributed by atoms with E-state index in [2.05, 4.69) is 30.9 Å². The lowest BCUT2D eigenvalue weighted by Gasteiger charge is -2.48. The van der Waals surface area contributed by atoms with Crippen molar-refractivity contribution in [3.8, 4) is 28.3 Å². The van der Waals surface area contributed by atoms with Crippen LogP contribution in [-0.4, -0.2) is 53.4 Å². The summed E-state index contributed by atoms with van der Waals surface area (Å²) in [4.78, 5) is 4.27. The van der Waals surface area contributed by atoms with E-state index < -0.39 is 24.7 Å². The normalized spacial score (nSPS) is 24.1. The van der Waals surface area contributed by atoms with Crippen LogP contribution in [0, 0.1) is 0 Å². The summed E-state index contributed by atoms with van der Waals surface area (Å²) < 4.78 is 38.1. The molecule has 1 saturated heterocycles. The van der Waals surface area contributed by atoms with Gasteiger partial charge in [-0.05, 0) is 52.3 Å². The maximum Gasteiger partial charge on any atom is 0.149 e. The van der Waals surface area contributed by atoms with Crippen LogP contribution in [0.2, 0.25) is 0 Å². The summed E-state index contributed by atoms with van der Waals surface area (Å²) in [6.07, 6.45) is 3.70. The number of aromatic nitrogens is 5. The van der Waals surface area contributed by atoms with E-state index in [1.165, 1.54) is 24.7 Å². The number of piperidine rings is 1. The van der Waals surface area contributed by atoms with E-state index >= 15 is 4.39 Å². The van der Waals surface area contributed by atoms with Crippen LogP contribution in [-0.2, 0) is 6.98 Å². The average molecular weight is 429 g/mol. The zero-order chi connectivity index (χ0) is 24.9. The molecule has 0 bridgehead atoms. The molecule has 4 rings (SSSR count). The molecule has 9 heteroatoms. The van der Waals surface area contributed by atoms with Gasteiger partial charge in [-0.2, -0.15) is 5.10 Å². The highest BCUT2D eigenvalue weighted by atomic mass is 19.1. The van der Waals surface area contributed by atoms with Crippen molar-refractivity contribution in [2.75, 3.05) is 5.32 Å². The third-order valence-electron chi connectivity index (χ3n) is 5.46. The SMILES string of the molecule is [2H]C([2H])([2H])n1cc(-c2cnc(-c3ccc(N[C@H]4CC(C)(C)NC(C)(C)[C@H]4F)nn3)c(O)c2)cn1. The predicted octanol–water partition coefficient (Wildman–Crippen LogP) is 3.31.